The Morgan fingerprint density at radius 2 is 1.10 bits per heavy atom. The van der Waals surface area contributed by atoms with Crippen molar-refractivity contribution < 1.29 is 9.90 Å². The van der Waals surface area contributed by atoms with E-state index in [-0.39, 0.29) is 0 Å². The Balaban J connectivity index is 2.74. The van der Waals surface area contributed by atoms with Gasteiger partial charge in [0.15, 0.2) is 0 Å². The summed E-state index contributed by atoms with van der Waals surface area (Å²) >= 11 is 0. The highest BCUT2D eigenvalue weighted by atomic mass is 16.4. The van der Waals surface area contributed by atoms with E-state index >= 15 is 0 Å². The van der Waals surface area contributed by atoms with Gasteiger partial charge in [-0.1, -0.05) is 17.7 Å². The molecule has 0 saturated carbocycles. The molecule has 0 aromatic heterocycles. The first-order chi connectivity index (χ1) is 9.31. The van der Waals surface area contributed by atoms with Crippen LogP contribution in [-0.2, 0) is 0 Å². The summed E-state index contributed by atoms with van der Waals surface area (Å²) in [6, 6.07) is 7.85. The van der Waals surface area contributed by atoms with Crippen LogP contribution in [0.2, 0.25) is 0 Å². The molecule has 0 aliphatic rings. The van der Waals surface area contributed by atoms with E-state index in [0.29, 0.717) is 5.56 Å². The molecule has 0 saturated heterocycles. The zero-order valence-electron chi connectivity index (χ0n) is 12.7. The molecule has 104 valence electrons. The van der Waals surface area contributed by atoms with Crippen molar-refractivity contribution in [2.24, 2.45) is 0 Å². The van der Waals surface area contributed by atoms with Crippen LogP contribution in [0.25, 0.3) is 11.1 Å². The molecule has 2 nitrogen and oxygen atoms in total. The minimum atomic E-state index is -0.875. The van der Waals surface area contributed by atoms with E-state index in [1.54, 1.807) is 12.1 Å². The molecule has 2 heteroatoms. The molecule has 0 atom stereocenters. The molecule has 20 heavy (non-hydrogen) atoms. The summed E-state index contributed by atoms with van der Waals surface area (Å²) in [4.78, 5) is 11.1. The van der Waals surface area contributed by atoms with Crippen LogP contribution in [0.4, 0.5) is 0 Å². The van der Waals surface area contributed by atoms with Gasteiger partial charge in [-0.25, -0.2) is 4.79 Å². The minimum absolute atomic E-state index is 0.353. The Hall–Kier alpha value is -2.09. The summed E-state index contributed by atoms with van der Waals surface area (Å²) < 4.78 is 0. The van der Waals surface area contributed by atoms with Crippen molar-refractivity contribution in [3.8, 4) is 11.1 Å². The molecular weight excluding hydrogens is 248 g/mol. The Kier molecular flexibility index (Phi) is 3.67. The van der Waals surface area contributed by atoms with Gasteiger partial charge in [-0.2, -0.15) is 0 Å². The summed E-state index contributed by atoms with van der Waals surface area (Å²) in [5, 5.41) is 9.14. The third-order valence-corrected chi connectivity index (χ3v) is 3.71. The number of hydrogen-bond donors (Lipinski definition) is 1. The molecular formula is C18H20O2. The molecule has 2 aromatic carbocycles. The van der Waals surface area contributed by atoms with E-state index in [4.69, 9.17) is 5.11 Å². The predicted octanol–water partition coefficient (Wildman–Crippen LogP) is 4.59. The van der Waals surface area contributed by atoms with Crippen LogP contribution in [0.3, 0.4) is 0 Å². The third kappa shape index (κ3) is 2.46. The number of carbonyl (C=O) groups is 1. The van der Waals surface area contributed by atoms with Gasteiger partial charge >= 0.3 is 5.97 Å². The molecule has 0 radical (unpaired) electrons. The summed E-state index contributed by atoms with van der Waals surface area (Å²) in [7, 11) is 0. The van der Waals surface area contributed by atoms with Gasteiger partial charge in [0.25, 0.3) is 0 Å². The maximum absolute atomic E-state index is 11.1. The normalized spacial score (nSPS) is 10.7. The second-order valence-corrected chi connectivity index (χ2v) is 5.56. The average Bonchev–Trinajstić information content (AvgIpc) is 2.30. The van der Waals surface area contributed by atoms with Crippen molar-refractivity contribution >= 4 is 5.97 Å². The number of aromatic carboxylic acids is 1. The van der Waals surface area contributed by atoms with Gasteiger partial charge in [0.1, 0.15) is 0 Å². The fraction of sp³-hybridized carbons (Fsp3) is 0.278. The zero-order chi connectivity index (χ0) is 15.0. The molecule has 0 heterocycles. The number of hydrogen-bond acceptors (Lipinski definition) is 1. The highest BCUT2D eigenvalue weighted by Crippen LogP contribution is 2.34. The Labute approximate surface area is 120 Å². The van der Waals surface area contributed by atoms with Crippen molar-refractivity contribution in [2.45, 2.75) is 34.6 Å². The van der Waals surface area contributed by atoms with Gasteiger partial charge in [0.05, 0.1) is 5.56 Å². The molecule has 2 aromatic rings. The maximum atomic E-state index is 11.1. The van der Waals surface area contributed by atoms with Crippen molar-refractivity contribution in [1.82, 2.24) is 0 Å². The molecule has 0 spiro atoms. The van der Waals surface area contributed by atoms with E-state index in [1.165, 1.54) is 22.3 Å². The standard InChI is InChI=1S/C18H20O2/c1-10-6-11(2)16(12(3)7-10)17-13(4)8-15(18(19)20)9-14(17)5/h6-9H,1-5H3,(H,19,20). The Morgan fingerprint density at radius 1 is 0.750 bits per heavy atom. The number of carboxylic acids is 1. The van der Waals surface area contributed by atoms with Gasteiger partial charge in [0.2, 0.25) is 0 Å². The lowest BCUT2D eigenvalue weighted by molar-refractivity contribution is 0.0696. The molecule has 2 rings (SSSR count). The van der Waals surface area contributed by atoms with Crippen molar-refractivity contribution in [3.63, 3.8) is 0 Å². The summed E-state index contributed by atoms with van der Waals surface area (Å²) in [6.07, 6.45) is 0. The first kappa shape index (κ1) is 14.3. The number of aryl methyl sites for hydroxylation is 5. The first-order valence-corrected chi connectivity index (χ1v) is 6.74. The fourth-order valence-corrected chi connectivity index (χ4v) is 3.06. The number of rotatable bonds is 2. The van der Waals surface area contributed by atoms with Crippen LogP contribution >= 0.6 is 0 Å². The van der Waals surface area contributed by atoms with E-state index in [2.05, 4.69) is 32.9 Å². The van der Waals surface area contributed by atoms with Crippen LogP contribution in [0.15, 0.2) is 24.3 Å². The molecule has 1 N–H and O–H groups in total. The number of benzene rings is 2. The Bertz CT molecular complexity index is 651. The largest absolute Gasteiger partial charge is 0.478 e. The smallest absolute Gasteiger partial charge is 0.335 e. The summed E-state index contributed by atoms with van der Waals surface area (Å²) in [5.41, 5.74) is 8.48. The van der Waals surface area contributed by atoms with E-state index < -0.39 is 5.97 Å². The first-order valence-electron chi connectivity index (χ1n) is 6.74. The van der Waals surface area contributed by atoms with Crippen molar-refractivity contribution in [1.29, 1.82) is 0 Å². The SMILES string of the molecule is Cc1cc(C)c(-c2c(C)cc(C(=O)O)cc2C)c(C)c1. The van der Waals surface area contributed by atoms with Gasteiger partial charge in [0, 0.05) is 0 Å². The monoisotopic (exact) mass is 268 g/mol. The highest BCUT2D eigenvalue weighted by Gasteiger charge is 2.14. The average molecular weight is 268 g/mol. The van der Waals surface area contributed by atoms with E-state index in [0.717, 1.165) is 16.7 Å². The van der Waals surface area contributed by atoms with Crippen LogP contribution in [0.5, 0.6) is 0 Å². The molecule has 0 aliphatic carbocycles. The zero-order valence-corrected chi connectivity index (χ0v) is 12.7. The topological polar surface area (TPSA) is 37.3 Å². The van der Waals surface area contributed by atoms with Gasteiger partial charge in [-0.05, 0) is 80.1 Å². The minimum Gasteiger partial charge on any atom is -0.478 e. The maximum Gasteiger partial charge on any atom is 0.335 e. The summed E-state index contributed by atoms with van der Waals surface area (Å²) in [6.45, 7) is 10.3. The second-order valence-electron chi connectivity index (χ2n) is 5.56. The third-order valence-electron chi connectivity index (χ3n) is 3.71. The molecule has 0 fully saturated rings. The van der Waals surface area contributed by atoms with Crippen LogP contribution in [0, 0.1) is 34.6 Å². The number of carboxylic acid groups (broad SMARTS) is 1. The lowest BCUT2D eigenvalue weighted by Gasteiger charge is -2.17. The highest BCUT2D eigenvalue weighted by molar-refractivity contribution is 5.90. The lowest BCUT2D eigenvalue weighted by atomic mass is 9.87. The molecule has 0 amide bonds. The second kappa shape index (κ2) is 5.12. The van der Waals surface area contributed by atoms with Crippen molar-refractivity contribution in [2.75, 3.05) is 0 Å². The van der Waals surface area contributed by atoms with Crippen LogP contribution in [0.1, 0.15) is 38.2 Å². The Morgan fingerprint density at radius 3 is 1.45 bits per heavy atom. The van der Waals surface area contributed by atoms with Gasteiger partial charge < -0.3 is 5.11 Å². The van der Waals surface area contributed by atoms with E-state index in [9.17, 15) is 4.79 Å². The van der Waals surface area contributed by atoms with Gasteiger partial charge in [-0.3, -0.25) is 0 Å². The van der Waals surface area contributed by atoms with E-state index in [1.807, 2.05) is 13.8 Å². The van der Waals surface area contributed by atoms with Crippen LogP contribution in [-0.4, -0.2) is 11.1 Å². The molecule has 0 bridgehead atoms. The lowest BCUT2D eigenvalue weighted by Crippen LogP contribution is -2.01. The predicted molar refractivity (Wildman–Crippen MR) is 82.5 cm³/mol. The molecule has 0 unspecified atom stereocenters. The van der Waals surface area contributed by atoms with Gasteiger partial charge in [-0.15, -0.1) is 0 Å². The van der Waals surface area contributed by atoms with Crippen LogP contribution < -0.4 is 0 Å². The quantitative estimate of drug-likeness (QED) is 0.864. The molecule has 0 aliphatic heterocycles. The van der Waals surface area contributed by atoms with Crippen molar-refractivity contribution in [3.05, 3.63) is 57.6 Å². The fourth-order valence-electron chi connectivity index (χ4n) is 3.06. The summed E-state index contributed by atoms with van der Waals surface area (Å²) in [5.74, 6) is -0.875.